The number of carbonyl (C=O) groups excluding carboxylic acids is 1. The Labute approximate surface area is 112 Å². The molecule has 1 amide bonds. The Kier molecular flexibility index (Phi) is 4.98. The molecule has 1 N–H and O–H groups in total. The van der Waals surface area contributed by atoms with Crippen LogP contribution < -0.4 is 5.32 Å². The second kappa shape index (κ2) is 5.85. The Balaban J connectivity index is 2.42. The average Bonchev–Trinajstić information content (AvgIpc) is 2.59. The summed E-state index contributed by atoms with van der Waals surface area (Å²) in [7, 11) is 1.81. The van der Waals surface area contributed by atoms with Crippen molar-refractivity contribution in [1.29, 1.82) is 0 Å². The molecule has 0 spiro atoms. The second-order valence-corrected chi connectivity index (χ2v) is 6.86. The Morgan fingerprint density at radius 2 is 2.12 bits per heavy atom. The van der Waals surface area contributed by atoms with Gasteiger partial charge in [0.2, 0.25) is 5.91 Å². The molecule has 0 atom stereocenters. The molecule has 0 aliphatic rings. The van der Waals surface area contributed by atoms with Gasteiger partial charge in [0.25, 0.3) is 0 Å². The largest absolute Gasteiger partial charge is 0.340 e. The van der Waals surface area contributed by atoms with Crippen LogP contribution in [0.3, 0.4) is 0 Å². The van der Waals surface area contributed by atoms with Gasteiger partial charge in [0, 0.05) is 17.5 Å². The number of hydrogen-bond acceptors (Lipinski definition) is 3. The monoisotopic (exact) mass is 274 g/mol. The van der Waals surface area contributed by atoms with Crippen LogP contribution in [0.25, 0.3) is 0 Å². The molecule has 0 aliphatic carbocycles. The third-order valence-corrected chi connectivity index (χ3v) is 3.43. The summed E-state index contributed by atoms with van der Waals surface area (Å²) in [5.41, 5.74) is -0.0389. The van der Waals surface area contributed by atoms with Crippen molar-refractivity contribution < 1.29 is 4.79 Å². The summed E-state index contributed by atoms with van der Waals surface area (Å²) in [5, 5.41) is 3.18. The van der Waals surface area contributed by atoms with E-state index < -0.39 is 0 Å². The van der Waals surface area contributed by atoms with Crippen LogP contribution in [-0.2, 0) is 11.3 Å². The van der Waals surface area contributed by atoms with Crippen LogP contribution in [0.15, 0.2) is 12.1 Å². The highest BCUT2D eigenvalue weighted by Crippen LogP contribution is 2.22. The van der Waals surface area contributed by atoms with Crippen molar-refractivity contribution in [3.63, 3.8) is 0 Å². The van der Waals surface area contributed by atoms with E-state index in [9.17, 15) is 4.79 Å². The number of amides is 1. The molecule has 17 heavy (non-hydrogen) atoms. The summed E-state index contributed by atoms with van der Waals surface area (Å²) in [4.78, 5) is 14.6. The predicted octanol–water partition coefficient (Wildman–Crippen LogP) is 2.75. The van der Waals surface area contributed by atoms with Crippen molar-refractivity contribution in [2.45, 2.75) is 32.9 Å². The summed E-state index contributed by atoms with van der Waals surface area (Å²) in [6, 6.07) is 3.81. The molecular formula is C12H19ClN2OS. The summed E-state index contributed by atoms with van der Waals surface area (Å²) in [6.45, 7) is 7.10. The molecule has 0 unspecified atom stereocenters. The number of hydrogen-bond donors (Lipinski definition) is 1. The van der Waals surface area contributed by atoms with Gasteiger partial charge in [-0.2, -0.15) is 0 Å². The van der Waals surface area contributed by atoms with E-state index in [1.54, 1.807) is 11.9 Å². The van der Waals surface area contributed by atoms with Crippen LogP contribution in [0.4, 0.5) is 0 Å². The number of nitrogens with zero attached hydrogens (tertiary/aromatic N) is 1. The Morgan fingerprint density at radius 1 is 1.47 bits per heavy atom. The van der Waals surface area contributed by atoms with Crippen molar-refractivity contribution in [3.05, 3.63) is 21.3 Å². The molecule has 1 aromatic rings. The molecule has 0 aromatic carbocycles. The maximum Gasteiger partial charge on any atom is 0.236 e. The zero-order valence-corrected chi connectivity index (χ0v) is 12.3. The zero-order chi connectivity index (χ0) is 13.1. The molecule has 5 heteroatoms. The van der Waals surface area contributed by atoms with Gasteiger partial charge < -0.3 is 10.2 Å². The van der Waals surface area contributed by atoms with Gasteiger partial charge in [-0.05, 0) is 32.9 Å². The van der Waals surface area contributed by atoms with E-state index in [1.807, 2.05) is 32.9 Å². The number of rotatable bonds is 4. The van der Waals surface area contributed by atoms with E-state index in [1.165, 1.54) is 11.3 Å². The lowest BCUT2D eigenvalue weighted by atomic mass is 10.1. The SMILES string of the molecule is CN(Cc1ccc(Cl)s1)C(=O)CNC(C)(C)C. The number of thiophene rings is 1. The van der Waals surface area contributed by atoms with E-state index in [2.05, 4.69) is 5.32 Å². The summed E-state index contributed by atoms with van der Waals surface area (Å²) < 4.78 is 0.758. The molecule has 0 saturated heterocycles. The van der Waals surface area contributed by atoms with Gasteiger partial charge in [-0.15, -0.1) is 11.3 Å². The fraction of sp³-hybridized carbons (Fsp3) is 0.583. The van der Waals surface area contributed by atoms with Crippen molar-refractivity contribution in [2.24, 2.45) is 0 Å². The molecule has 0 aliphatic heterocycles. The van der Waals surface area contributed by atoms with Crippen molar-refractivity contribution in [1.82, 2.24) is 10.2 Å². The Morgan fingerprint density at radius 3 is 2.59 bits per heavy atom. The smallest absolute Gasteiger partial charge is 0.236 e. The molecule has 0 bridgehead atoms. The molecule has 0 radical (unpaired) electrons. The van der Waals surface area contributed by atoms with Crippen LogP contribution in [0, 0.1) is 0 Å². The first-order valence-corrected chi connectivity index (χ1v) is 6.70. The highest BCUT2D eigenvalue weighted by Gasteiger charge is 2.14. The highest BCUT2D eigenvalue weighted by molar-refractivity contribution is 7.16. The molecular weight excluding hydrogens is 256 g/mol. The first kappa shape index (κ1) is 14.5. The van der Waals surface area contributed by atoms with Crippen LogP contribution >= 0.6 is 22.9 Å². The van der Waals surface area contributed by atoms with Gasteiger partial charge in [0.15, 0.2) is 0 Å². The molecule has 1 rings (SSSR count). The fourth-order valence-electron chi connectivity index (χ4n) is 1.23. The van der Waals surface area contributed by atoms with E-state index in [0.29, 0.717) is 13.1 Å². The van der Waals surface area contributed by atoms with E-state index in [0.717, 1.165) is 9.21 Å². The molecule has 96 valence electrons. The normalized spacial score (nSPS) is 11.6. The Bertz CT molecular complexity index is 384. The zero-order valence-electron chi connectivity index (χ0n) is 10.7. The van der Waals surface area contributed by atoms with E-state index in [4.69, 9.17) is 11.6 Å². The standard InChI is InChI=1S/C12H19ClN2OS/c1-12(2,3)14-7-11(16)15(4)8-9-5-6-10(13)17-9/h5-6,14H,7-8H2,1-4H3. The maximum atomic E-state index is 11.8. The van der Waals surface area contributed by atoms with Gasteiger partial charge >= 0.3 is 0 Å². The third kappa shape index (κ3) is 5.52. The second-order valence-electron chi connectivity index (χ2n) is 5.06. The van der Waals surface area contributed by atoms with Gasteiger partial charge in [-0.25, -0.2) is 0 Å². The molecule has 0 fully saturated rings. The van der Waals surface area contributed by atoms with E-state index in [-0.39, 0.29) is 11.4 Å². The van der Waals surface area contributed by atoms with E-state index >= 15 is 0 Å². The van der Waals surface area contributed by atoms with Crippen molar-refractivity contribution in [3.8, 4) is 0 Å². The van der Waals surface area contributed by atoms with Crippen LogP contribution in [0.2, 0.25) is 4.34 Å². The maximum absolute atomic E-state index is 11.8. The summed E-state index contributed by atoms with van der Waals surface area (Å²) >= 11 is 7.36. The first-order chi connectivity index (χ1) is 7.78. The van der Waals surface area contributed by atoms with Crippen LogP contribution in [-0.4, -0.2) is 29.9 Å². The van der Waals surface area contributed by atoms with Gasteiger partial charge in [0.1, 0.15) is 0 Å². The minimum Gasteiger partial charge on any atom is -0.340 e. The predicted molar refractivity (Wildman–Crippen MR) is 73.6 cm³/mol. The molecule has 1 heterocycles. The highest BCUT2D eigenvalue weighted by atomic mass is 35.5. The van der Waals surface area contributed by atoms with Gasteiger partial charge in [-0.3, -0.25) is 4.79 Å². The van der Waals surface area contributed by atoms with Gasteiger partial charge in [0.05, 0.1) is 17.4 Å². The number of halogens is 1. The minimum absolute atomic E-state index is 0.0389. The molecule has 0 saturated carbocycles. The van der Waals surface area contributed by atoms with Crippen LogP contribution in [0.5, 0.6) is 0 Å². The topological polar surface area (TPSA) is 32.3 Å². The number of carbonyl (C=O) groups is 1. The minimum atomic E-state index is -0.0389. The lowest BCUT2D eigenvalue weighted by Crippen LogP contribution is -2.43. The van der Waals surface area contributed by atoms with Crippen LogP contribution in [0.1, 0.15) is 25.6 Å². The quantitative estimate of drug-likeness (QED) is 0.916. The third-order valence-electron chi connectivity index (χ3n) is 2.22. The number of likely N-dealkylation sites (N-methyl/N-ethyl adjacent to an activating group) is 1. The summed E-state index contributed by atoms with van der Waals surface area (Å²) in [5.74, 6) is 0.0875. The lowest BCUT2D eigenvalue weighted by molar-refractivity contribution is -0.129. The average molecular weight is 275 g/mol. The molecule has 1 aromatic heterocycles. The first-order valence-electron chi connectivity index (χ1n) is 5.51. The fourth-order valence-corrected chi connectivity index (χ4v) is 2.38. The number of nitrogens with one attached hydrogen (secondary N) is 1. The van der Waals surface area contributed by atoms with Crippen molar-refractivity contribution in [2.75, 3.05) is 13.6 Å². The Hall–Kier alpha value is -0.580. The lowest BCUT2D eigenvalue weighted by Gasteiger charge is -2.23. The van der Waals surface area contributed by atoms with Gasteiger partial charge in [-0.1, -0.05) is 11.6 Å². The summed E-state index contributed by atoms with van der Waals surface area (Å²) in [6.07, 6.45) is 0. The molecule has 3 nitrogen and oxygen atoms in total. The van der Waals surface area contributed by atoms with Crippen molar-refractivity contribution >= 4 is 28.8 Å².